The van der Waals surface area contributed by atoms with E-state index in [4.69, 9.17) is 4.74 Å². The normalized spacial score (nSPS) is 13.6. The fourth-order valence-corrected chi connectivity index (χ4v) is 3.14. The van der Waals surface area contributed by atoms with Crippen LogP contribution in [0.3, 0.4) is 0 Å². The quantitative estimate of drug-likeness (QED) is 0.474. The van der Waals surface area contributed by atoms with Crippen LogP contribution in [0.4, 0.5) is 5.69 Å². The molecular formula is C15H22N2O6S. The molecule has 0 fully saturated rings. The highest BCUT2D eigenvalue weighted by Gasteiger charge is 2.32. The lowest BCUT2D eigenvalue weighted by Gasteiger charge is -2.26. The summed E-state index contributed by atoms with van der Waals surface area (Å²) >= 11 is 0. The van der Waals surface area contributed by atoms with Crippen LogP contribution in [0.2, 0.25) is 0 Å². The first-order valence-electron chi connectivity index (χ1n) is 7.33. The minimum absolute atomic E-state index is 0.165. The van der Waals surface area contributed by atoms with E-state index >= 15 is 0 Å². The van der Waals surface area contributed by atoms with Crippen LogP contribution in [-0.4, -0.2) is 31.0 Å². The summed E-state index contributed by atoms with van der Waals surface area (Å²) in [6.07, 6.45) is 0. The second-order valence-corrected chi connectivity index (χ2v) is 8.34. The summed E-state index contributed by atoms with van der Waals surface area (Å²) in [4.78, 5) is 22.1. The third-order valence-electron chi connectivity index (χ3n) is 2.97. The number of nitro groups is 1. The molecule has 0 aromatic heterocycles. The second kappa shape index (κ2) is 7.27. The van der Waals surface area contributed by atoms with Crippen LogP contribution >= 0.6 is 0 Å². The van der Waals surface area contributed by atoms with Gasteiger partial charge < -0.3 is 4.74 Å². The molecule has 0 aliphatic heterocycles. The molecule has 0 heterocycles. The fraction of sp³-hybridized carbons (Fsp3) is 0.533. The molecule has 1 atom stereocenters. The van der Waals surface area contributed by atoms with Crippen molar-refractivity contribution in [2.24, 2.45) is 5.92 Å². The summed E-state index contributed by atoms with van der Waals surface area (Å²) in [7, 11) is -4.02. The molecule has 1 N–H and O–H groups in total. The minimum Gasteiger partial charge on any atom is -0.459 e. The molecule has 24 heavy (non-hydrogen) atoms. The van der Waals surface area contributed by atoms with Gasteiger partial charge in [0, 0.05) is 12.1 Å². The van der Waals surface area contributed by atoms with Crippen LogP contribution in [-0.2, 0) is 19.6 Å². The van der Waals surface area contributed by atoms with Gasteiger partial charge in [-0.1, -0.05) is 13.8 Å². The molecular weight excluding hydrogens is 336 g/mol. The number of benzene rings is 1. The smallest absolute Gasteiger partial charge is 0.324 e. The van der Waals surface area contributed by atoms with E-state index in [1.807, 2.05) is 0 Å². The number of carbonyl (C=O) groups excluding carboxylic acids is 1. The largest absolute Gasteiger partial charge is 0.459 e. The summed E-state index contributed by atoms with van der Waals surface area (Å²) in [5, 5.41) is 10.6. The molecule has 0 amide bonds. The molecule has 0 spiro atoms. The Kier molecular flexibility index (Phi) is 6.07. The SMILES string of the molecule is CC(C)C(NS(=O)(=O)c1ccc([N+](=O)[O-])cc1)C(=O)OC(C)(C)C. The lowest BCUT2D eigenvalue weighted by Crippen LogP contribution is -2.47. The number of nitro benzene ring substituents is 1. The Bertz CT molecular complexity index is 704. The van der Waals surface area contributed by atoms with Gasteiger partial charge in [-0.05, 0) is 38.8 Å². The van der Waals surface area contributed by atoms with E-state index in [1.54, 1.807) is 34.6 Å². The van der Waals surface area contributed by atoms with E-state index in [2.05, 4.69) is 4.72 Å². The van der Waals surface area contributed by atoms with E-state index < -0.39 is 32.6 Å². The predicted octanol–water partition coefficient (Wildman–Crippen LogP) is 2.24. The number of hydrogen-bond acceptors (Lipinski definition) is 6. The summed E-state index contributed by atoms with van der Waals surface area (Å²) in [6, 6.07) is 3.35. The lowest BCUT2D eigenvalue weighted by atomic mass is 10.1. The molecule has 8 nitrogen and oxygen atoms in total. The lowest BCUT2D eigenvalue weighted by molar-refractivity contribution is -0.384. The maximum absolute atomic E-state index is 12.4. The third-order valence-corrected chi connectivity index (χ3v) is 4.42. The van der Waals surface area contributed by atoms with Crippen LogP contribution in [0.5, 0.6) is 0 Å². The van der Waals surface area contributed by atoms with Crippen LogP contribution in [0.1, 0.15) is 34.6 Å². The molecule has 0 bridgehead atoms. The van der Waals surface area contributed by atoms with Crippen molar-refractivity contribution in [1.29, 1.82) is 0 Å². The summed E-state index contributed by atoms with van der Waals surface area (Å²) in [5.41, 5.74) is -0.968. The van der Waals surface area contributed by atoms with Gasteiger partial charge in [0.2, 0.25) is 10.0 Å². The van der Waals surface area contributed by atoms with Crippen LogP contribution in [0.15, 0.2) is 29.2 Å². The van der Waals surface area contributed by atoms with Crippen molar-refractivity contribution < 1.29 is 22.9 Å². The van der Waals surface area contributed by atoms with Gasteiger partial charge in [0.1, 0.15) is 11.6 Å². The topological polar surface area (TPSA) is 116 Å². The Morgan fingerprint density at radius 1 is 1.21 bits per heavy atom. The van der Waals surface area contributed by atoms with E-state index in [0.29, 0.717) is 0 Å². The van der Waals surface area contributed by atoms with E-state index in [1.165, 1.54) is 0 Å². The zero-order valence-electron chi connectivity index (χ0n) is 14.3. The van der Waals surface area contributed by atoms with E-state index in [-0.39, 0.29) is 16.5 Å². The van der Waals surface area contributed by atoms with Crippen molar-refractivity contribution in [3.8, 4) is 0 Å². The average Bonchev–Trinajstić information content (AvgIpc) is 2.42. The zero-order valence-corrected chi connectivity index (χ0v) is 15.1. The molecule has 1 aromatic rings. The van der Waals surface area contributed by atoms with Crippen molar-refractivity contribution >= 4 is 21.7 Å². The van der Waals surface area contributed by atoms with Crippen molar-refractivity contribution in [3.63, 3.8) is 0 Å². The molecule has 1 rings (SSSR count). The fourth-order valence-electron chi connectivity index (χ4n) is 1.80. The third kappa shape index (κ3) is 5.57. The zero-order chi connectivity index (χ0) is 18.7. The number of ether oxygens (including phenoxy) is 1. The van der Waals surface area contributed by atoms with Crippen LogP contribution in [0.25, 0.3) is 0 Å². The summed E-state index contributed by atoms with van der Waals surface area (Å²) in [5.74, 6) is -1.02. The monoisotopic (exact) mass is 358 g/mol. The summed E-state index contributed by atoms with van der Waals surface area (Å²) in [6.45, 7) is 8.44. The molecule has 0 saturated carbocycles. The Balaban J connectivity index is 3.04. The van der Waals surface area contributed by atoms with Gasteiger partial charge in [-0.2, -0.15) is 4.72 Å². The predicted molar refractivity (Wildman–Crippen MR) is 87.9 cm³/mol. The van der Waals surface area contributed by atoms with Crippen LogP contribution < -0.4 is 4.72 Å². The molecule has 1 aromatic carbocycles. The van der Waals surface area contributed by atoms with Gasteiger partial charge in [0.05, 0.1) is 9.82 Å². The summed E-state index contributed by atoms with van der Waals surface area (Å²) < 4.78 is 32.4. The standard InChI is InChI=1S/C15H22N2O6S/c1-10(2)13(14(18)23-15(3,4)5)16-24(21,22)12-8-6-11(7-9-12)17(19)20/h6-10,13,16H,1-5H3. The number of carbonyl (C=O) groups is 1. The maximum Gasteiger partial charge on any atom is 0.324 e. The molecule has 134 valence electrons. The molecule has 0 radical (unpaired) electrons. The first-order valence-corrected chi connectivity index (χ1v) is 8.81. The number of nitrogens with one attached hydrogen (secondary N) is 1. The Morgan fingerprint density at radius 3 is 2.08 bits per heavy atom. The van der Waals surface area contributed by atoms with Crippen LogP contribution in [0, 0.1) is 16.0 Å². The van der Waals surface area contributed by atoms with E-state index in [9.17, 15) is 23.3 Å². The first kappa shape index (κ1) is 20.0. The number of sulfonamides is 1. The van der Waals surface area contributed by atoms with Crippen molar-refractivity contribution in [3.05, 3.63) is 34.4 Å². The molecule has 0 aliphatic carbocycles. The van der Waals surface area contributed by atoms with Gasteiger partial charge in [0.15, 0.2) is 0 Å². The number of nitrogens with zero attached hydrogens (tertiary/aromatic N) is 1. The highest BCUT2D eigenvalue weighted by molar-refractivity contribution is 7.89. The Labute approximate surface area is 141 Å². The molecule has 1 unspecified atom stereocenters. The molecule has 0 saturated heterocycles. The van der Waals surface area contributed by atoms with Crippen molar-refractivity contribution in [2.75, 3.05) is 0 Å². The van der Waals surface area contributed by atoms with Gasteiger partial charge in [-0.15, -0.1) is 0 Å². The average molecular weight is 358 g/mol. The number of esters is 1. The Hall–Kier alpha value is -2.00. The van der Waals surface area contributed by atoms with Gasteiger partial charge >= 0.3 is 5.97 Å². The molecule has 9 heteroatoms. The highest BCUT2D eigenvalue weighted by atomic mass is 32.2. The van der Waals surface area contributed by atoms with Gasteiger partial charge in [0.25, 0.3) is 5.69 Å². The van der Waals surface area contributed by atoms with Gasteiger partial charge in [-0.3, -0.25) is 14.9 Å². The first-order chi connectivity index (χ1) is 10.8. The second-order valence-electron chi connectivity index (χ2n) is 6.63. The maximum atomic E-state index is 12.4. The number of hydrogen-bond donors (Lipinski definition) is 1. The highest BCUT2D eigenvalue weighted by Crippen LogP contribution is 2.18. The number of non-ortho nitro benzene ring substituents is 1. The van der Waals surface area contributed by atoms with Crippen molar-refractivity contribution in [1.82, 2.24) is 4.72 Å². The van der Waals surface area contributed by atoms with E-state index in [0.717, 1.165) is 24.3 Å². The minimum atomic E-state index is -4.02. The molecule has 0 aliphatic rings. The number of rotatable bonds is 6. The van der Waals surface area contributed by atoms with Crippen molar-refractivity contribution in [2.45, 2.75) is 51.2 Å². The van der Waals surface area contributed by atoms with Gasteiger partial charge in [-0.25, -0.2) is 8.42 Å². The Morgan fingerprint density at radius 2 is 1.71 bits per heavy atom.